The van der Waals surface area contributed by atoms with Gasteiger partial charge >= 0.3 is 0 Å². The maximum atomic E-state index is 12.4. The molecule has 1 amide bonds. The largest absolute Gasteiger partial charge is 0.450 e. The highest BCUT2D eigenvalue weighted by molar-refractivity contribution is 6.05. The molecule has 6 nitrogen and oxygen atoms in total. The van der Waals surface area contributed by atoms with Gasteiger partial charge in [0.05, 0.1) is 0 Å². The van der Waals surface area contributed by atoms with E-state index in [0.29, 0.717) is 11.8 Å². The van der Waals surface area contributed by atoms with Gasteiger partial charge in [-0.25, -0.2) is 9.97 Å². The second-order valence-corrected chi connectivity index (χ2v) is 7.11. The highest BCUT2D eigenvalue weighted by Gasteiger charge is 2.42. The average Bonchev–Trinajstić information content (AvgIpc) is 3.26. The van der Waals surface area contributed by atoms with Gasteiger partial charge in [0.25, 0.3) is 0 Å². The minimum atomic E-state index is 0.257. The van der Waals surface area contributed by atoms with Gasteiger partial charge in [0, 0.05) is 37.5 Å². The summed E-state index contributed by atoms with van der Waals surface area (Å²) < 4.78 is 6.03. The normalized spacial score (nSPS) is 23.4. The number of rotatable bonds is 2. The molecular formula is C19H20N4O2. The van der Waals surface area contributed by atoms with Crippen LogP contribution >= 0.6 is 0 Å². The quantitative estimate of drug-likeness (QED) is 0.720. The molecule has 2 aromatic heterocycles. The first kappa shape index (κ1) is 14.7. The molecule has 1 saturated carbocycles. The Balaban J connectivity index is 1.42. The number of furan rings is 1. The Kier molecular flexibility index (Phi) is 3.20. The van der Waals surface area contributed by atoms with Crippen LogP contribution in [0.15, 0.2) is 35.0 Å². The summed E-state index contributed by atoms with van der Waals surface area (Å²) in [6.07, 6.45) is 2.65. The Morgan fingerprint density at radius 2 is 1.92 bits per heavy atom. The molecule has 1 aliphatic heterocycles. The Hall–Kier alpha value is -2.63. The number of nitrogens with zero attached hydrogens (tertiary/aromatic N) is 4. The third kappa shape index (κ3) is 2.35. The topological polar surface area (TPSA) is 62.5 Å². The molecule has 25 heavy (non-hydrogen) atoms. The van der Waals surface area contributed by atoms with Gasteiger partial charge in [0.15, 0.2) is 11.4 Å². The van der Waals surface area contributed by atoms with E-state index in [-0.39, 0.29) is 5.92 Å². The van der Waals surface area contributed by atoms with Crippen LogP contribution < -0.4 is 4.90 Å². The van der Waals surface area contributed by atoms with Crippen LogP contribution in [0.2, 0.25) is 0 Å². The Morgan fingerprint density at radius 1 is 1.16 bits per heavy atom. The number of amides is 1. The maximum Gasteiger partial charge on any atom is 0.226 e. The summed E-state index contributed by atoms with van der Waals surface area (Å²) in [6.45, 7) is 5.19. The van der Waals surface area contributed by atoms with Crippen molar-refractivity contribution in [2.45, 2.75) is 13.3 Å². The number of benzene rings is 1. The number of para-hydroxylation sites is 1. The minimum Gasteiger partial charge on any atom is -0.450 e. The molecule has 1 saturated heterocycles. The summed E-state index contributed by atoms with van der Waals surface area (Å²) >= 11 is 0. The average molecular weight is 336 g/mol. The summed E-state index contributed by atoms with van der Waals surface area (Å²) in [4.78, 5) is 25.5. The van der Waals surface area contributed by atoms with Crippen molar-refractivity contribution in [2.24, 2.45) is 11.8 Å². The molecule has 2 aliphatic rings. The van der Waals surface area contributed by atoms with Crippen LogP contribution in [-0.2, 0) is 4.79 Å². The highest BCUT2D eigenvalue weighted by atomic mass is 16.3. The van der Waals surface area contributed by atoms with Crippen molar-refractivity contribution in [3.63, 3.8) is 0 Å². The van der Waals surface area contributed by atoms with Gasteiger partial charge in [0.2, 0.25) is 5.91 Å². The standard InChI is InChI=1S/C19H20N4O2/c1-12-10-14(12)19(24)23-8-6-22(7-9-23)18-17-16(20-11-21-18)13-4-2-3-5-15(13)25-17/h2-5,11-12,14H,6-10H2,1H3/t12-,14+/m0/s1. The summed E-state index contributed by atoms with van der Waals surface area (Å²) in [6, 6.07) is 7.92. The lowest BCUT2D eigenvalue weighted by Gasteiger charge is -2.35. The third-order valence-corrected chi connectivity index (χ3v) is 5.46. The van der Waals surface area contributed by atoms with Crippen LogP contribution in [0, 0.1) is 11.8 Å². The van der Waals surface area contributed by atoms with E-state index in [4.69, 9.17) is 4.42 Å². The molecule has 2 atom stereocenters. The number of aromatic nitrogens is 2. The van der Waals surface area contributed by atoms with Gasteiger partial charge in [-0.2, -0.15) is 0 Å². The van der Waals surface area contributed by atoms with Crippen LogP contribution in [0.4, 0.5) is 5.82 Å². The molecule has 128 valence electrons. The first-order valence-electron chi connectivity index (χ1n) is 8.88. The Bertz CT molecular complexity index is 958. The highest BCUT2D eigenvalue weighted by Crippen LogP contribution is 2.39. The van der Waals surface area contributed by atoms with Crippen LogP contribution in [0.1, 0.15) is 13.3 Å². The van der Waals surface area contributed by atoms with E-state index in [1.807, 2.05) is 29.2 Å². The number of piperazine rings is 1. The van der Waals surface area contributed by atoms with Crippen LogP contribution in [0.5, 0.6) is 0 Å². The molecule has 5 rings (SSSR count). The predicted octanol–water partition coefficient (Wildman–Crippen LogP) is 2.68. The van der Waals surface area contributed by atoms with E-state index in [2.05, 4.69) is 21.8 Å². The van der Waals surface area contributed by atoms with Crippen molar-refractivity contribution < 1.29 is 9.21 Å². The van der Waals surface area contributed by atoms with Crippen molar-refractivity contribution in [2.75, 3.05) is 31.1 Å². The smallest absolute Gasteiger partial charge is 0.226 e. The molecule has 0 bridgehead atoms. The lowest BCUT2D eigenvalue weighted by molar-refractivity contribution is -0.133. The van der Waals surface area contributed by atoms with Gasteiger partial charge in [-0.15, -0.1) is 0 Å². The van der Waals surface area contributed by atoms with Crippen molar-refractivity contribution in [1.29, 1.82) is 0 Å². The number of hydrogen-bond donors (Lipinski definition) is 0. The van der Waals surface area contributed by atoms with Crippen LogP contribution in [0.3, 0.4) is 0 Å². The fraction of sp³-hybridized carbons (Fsp3) is 0.421. The number of carbonyl (C=O) groups excluding carboxylic acids is 1. The lowest BCUT2D eigenvalue weighted by atomic mass is 10.2. The first-order valence-corrected chi connectivity index (χ1v) is 8.88. The summed E-state index contributed by atoms with van der Waals surface area (Å²) in [7, 11) is 0. The van der Waals surface area contributed by atoms with E-state index >= 15 is 0 Å². The van der Waals surface area contributed by atoms with Gasteiger partial charge in [-0.1, -0.05) is 19.1 Å². The first-order chi connectivity index (χ1) is 12.2. The van der Waals surface area contributed by atoms with Gasteiger partial charge in [-0.05, 0) is 24.5 Å². The fourth-order valence-electron chi connectivity index (χ4n) is 3.78. The van der Waals surface area contributed by atoms with E-state index < -0.39 is 0 Å². The van der Waals surface area contributed by atoms with Gasteiger partial charge < -0.3 is 14.2 Å². The fourth-order valence-corrected chi connectivity index (χ4v) is 3.78. The van der Waals surface area contributed by atoms with E-state index in [1.54, 1.807) is 6.33 Å². The van der Waals surface area contributed by atoms with Crippen molar-refractivity contribution in [1.82, 2.24) is 14.9 Å². The molecule has 0 unspecified atom stereocenters. The monoisotopic (exact) mass is 336 g/mol. The van der Waals surface area contributed by atoms with Crippen molar-refractivity contribution in [3.8, 4) is 0 Å². The maximum absolute atomic E-state index is 12.4. The van der Waals surface area contributed by atoms with Crippen LogP contribution in [0.25, 0.3) is 22.1 Å². The number of hydrogen-bond acceptors (Lipinski definition) is 5. The molecule has 3 aromatic rings. The van der Waals surface area contributed by atoms with E-state index in [0.717, 1.165) is 60.5 Å². The molecule has 6 heteroatoms. The number of carbonyl (C=O) groups is 1. The molecule has 3 heterocycles. The molecule has 0 radical (unpaired) electrons. The summed E-state index contributed by atoms with van der Waals surface area (Å²) in [5, 5.41) is 1.01. The zero-order valence-corrected chi connectivity index (χ0v) is 14.2. The molecule has 0 spiro atoms. The molecule has 2 fully saturated rings. The van der Waals surface area contributed by atoms with Gasteiger partial charge in [-0.3, -0.25) is 4.79 Å². The second kappa shape index (κ2) is 5.44. The minimum absolute atomic E-state index is 0.257. The third-order valence-electron chi connectivity index (χ3n) is 5.46. The molecule has 1 aliphatic carbocycles. The van der Waals surface area contributed by atoms with Crippen molar-refractivity contribution in [3.05, 3.63) is 30.6 Å². The second-order valence-electron chi connectivity index (χ2n) is 7.11. The van der Waals surface area contributed by atoms with E-state index in [1.165, 1.54) is 0 Å². The predicted molar refractivity (Wildman–Crippen MR) is 95.4 cm³/mol. The van der Waals surface area contributed by atoms with Crippen LogP contribution in [-0.4, -0.2) is 47.0 Å². The summed E-state index contributed by atoms with van der Waals surface area (Å²) in [5.41, 5.74) is 2.42. The van der Waals surface area contributed by atoms with Gasteiger partial charge in [0.1, 0.15) is 17.4 Å². The molecular weight excluding hydrogens is 316 g/mol. The van der Waals surface area contributed by atoms with E-state index in [9.17, 15) is 4.79 Å². The zero-order valence-electron chi connectivity index (χ0n) is 14.2. The molecule has 1 aromatic carbocycles. The number of fused-ring (bicyclic) bond motifs is 3. The SMILES string of the molecule is C[C@H]1C[C@H]1C(=O)N1CCN(c2ncnc3c2oc2ccccc23)CC1. The number of anilines is 1. The molecule has 0 N–H and O–H groups in total. The zero-order chi connectivity index (χ0) is 17.0. The lowest BCUT2D eigenvalue weighted by Crippen LogP contribution is -2.49. The van der Waals surface area contributed by atoms with Crippen molar-refractivity contribution >= 4 is 33.8 Å². The Morgan fingerprint density at radius 3 is 2.68 bits per heavy atom. The summed E-state index contributed by atoms with van der Waals surface area (Å²) in [5.74, 6) is 1.96. The Labute approximate surface area is 145 Å².